The summed E-state index contributed by atoms with van der Waals surface area (Å²) < 4.78 is 39.8. The first kappa shape index (κ1) is 15.0. The van der Waals surface area contributed by atoms with E-state index in [4.69, 9.17) is 5.73 Å². The van der Waals surface area contributed by atoms with Crippen LogP contribution in [0.5, 0.6) is 0 Å². The highest BCUT2D eigenvalue weighted by Gasteiger charge is 2.15. The first-order valence-electron chi connectivity index (χ1n) is 5.94. The number of nitrogens with one attached hydrogen (secondary N) is 1. The molecule has 0 aliphatic rings. The van der Waals surface area contributed by atoms with Gasteiger partial charge in [-0.3, -0.25) is 9.71 Å². The zero-order valence-corrected chi connectivity index (χ0v) is 11.7. The van der Waals surface area contributed by atoms with Crippen molar-refractivity contribution >= 4 is 15.7 Å². The van der Waals surface area contributed by atoms with Crippen LogP contribution in [0.15, 0.2) is 47.6 Å². The van der Waals surface area contributed by atoms with Crippen LogP contribution < -0.4 is 10.5 Å². The lowest BCUT2D eigenvalue weighted by molar-refractivity contribution is 0.598. The maximum atomic E-state index is 13.4. The second-order valence-corrected chi connectivity index (χ2v) is 5.67. The molecule has 0 spiro atoms. The number of aromatic nitrogens is 1. The summed E-state index contributed by atoms with van der Waals surface area (Å²) >= 11 is 0. The van der Waals surface area contributed by atoms with Crippen LogP contribution in [0.25, 0.3) is 0 Å². The zero-order valence-electron chi connectivity index (χ0n) is 10.9. The molecule has 0 saturated heterocycles. The third-order valence-electron chi connectivity index (χ3n) is 2.52. The predicted molar refractivity (Wildman–Crippen MR) is 77.4 cm³/mol. The lowest BCUT2D eigenvalue weighted by Crippen LogP contribution is -2.14. The van der Waals surface area contributed by atoms with Gasteiger partial charge in [0.2, 0.25) is 0 Å². The number of anilines is 1. The van der Waals surface area contributed by atoms with Crippen LogP contribution >= 0.6 is 0 Å². The largest absolute Gasteiger partial charge is 0.320 e. The first-order chi connectivity index (χ1) is 10.0. The minimum atomic E-state index is -3.86. The fraction of sp³-hybridized carbons (Fsp3) is 0.0714. The Morgan fingerprint density at radius 1 is 1.24 bits per heavy atom. The molecule has 1 aromatic carbocycles. The number of halogens is 1. The summed E-state index contributed by atoms with van der Waals surface area (Å²) in [6, 6.07) is 7.14. The van der Waals surface area contributed by atoms with E-state index in [1.165, 1.54) is 24.4 Å². The zero-order chi connectivity index (χ0) is 15.3. The van der Waals surface area contributed by atoms with Crippen molar-refractivity contribution in [3.05, 3.63) is 54.1 Å². The van der Waals surface area contributed by atoms with Crippen molar-refractivity contribution in [2.75, 3.05) is 11.3 Å². The van der Waals surface area contributed by atoms with E-state index in [-0.39, 0.29) is 17.1 Å². The lowest BCUT2D eigenvalue weighted by atomic mass is 10.2. The summed E-state index contributed by atoms with van der Waals surface area (Å²) in [5, 5.41) is 0. The number of hydrogen-bond acceptors (Lipinski definition) is 4. The van der Waals surface area contributed by atoms with Crippen molar-refractivity contribution in [1.29, 1.82) is 0 Å². The van der Waals surface area contributed by atoms with E-state index in [1.54, 1.807) is 12.1 Å². The third kappa shape index (κ3) is 3.78. The molecule has 0 saturated carbocycles. The average molecular weight is 305 g/mol. The van der Waals surface area contributed by atoms with E-state index in [0.29, 0.717) is 5.56 Å². The Labute approximate surface area is 122 Å². The van der Waals surface area contributed by atoms with Gasteiger partial charge in [-0.1, -0.05) is 11.8 Å². The Morgan fingerprint density at radius 2 is 1.95 bits per heavy atom. The van der Waals surface area contributed by atoms with Gasteiger partial charge >= 0.3 is 0 Å². The van der Waals surface area contributed by atoms with Gasteiger partial charge in [0.15, 0.2) is 5.82 Å². The Bertz CT molecular complexity index is 793. The van der Waals surface area contributed by atoms with E-state index in [1.807, 2.05) is 0 Å². The van der Waals surface area contributed by atoms with Gasteiger partial charge in [-0.05, 0) is 30.3 Å². The van der Waals surface area contributed by atoms with Gasteiger partial charge in [-0.15, -0.1) is 0 Å². The van der Waals surface area contributed by atoms with Crippen LogP contribution in [-0.4, -0.2) is 19.9 Å². The van der Waals surface area contributed by atoms with E-state index in [0.717, 1.165) is 6.20 Å². The third-order valence-corrected chi connectivity index (χ3v) is 3.90. The highest BCUT2D eigenvalue weighted by atomic mass is 32.2. The molecule has 0 radical (unpaired) electrons. The molecule has 0 bridgehead atoms. The minimum Gasteiger partial charge on any atom is -0.320 e. The molecule has 1 aromatic heterocycles. The van der Waals surface area contributed by atoms with Gasteiger partial charge < -0.3 is 5.73 Å². The smallest absolute Gasteiger partial charge is 0.261 e. The molecule has 2 rings (SSSR count). The van der Waals surface area contributed by atoms with Crippen LogP contribution in [-0.2, 0) is 10.0 Å². The van der Waals surface area contributed by atoms with Gasteiger partial charge in [0.1, 0.15) is 0 Å². The van der Waals surface area contributed by atoms with Gasteiger partial charge in [-0.25, -0.2) is 12.8 Å². The number of nitrogens with two attached hydrogens (primary N) is 1. The Kier molecular flexibility index (Phi) is 4.52. The maximum absolute atomic E-state index is 13.4. The molecule has 0 unspecified atom stereocenters. The molecular formula is C14H12FN3O2S. The molecule has 1 heterocycles. The highest BCUT2D eigenvalue weighted by Crippen LogP contribution is 2.18. The van der Waals surface area contributed by atoms with Crippen LogP contribution in [0.2, 0.25) is 0 Å². The number of pyridine rings is 1. The van der Waals surface area contributed by atoms with Crippen molar-refractivity contribution < 1.29 is 12.8 Å². The SMILES string of the molecule is NCC#Cc1ccc(S(=O)(=O)Nc2ccncc2F)cc1. The molecule has 0 aliphatic carbocycles. The lowest BCUT2D eigenvalue weighted by Gasteiger charge is -2.08. The molecule has 5 nitrogen and oxygen atoms in total. The Morgan fingerprint density at radius 3 is 2.57 bits per heavy atom. The predicted octanol–water partition coefficient (Wildman–Crippen LogP) is 1.33. The summed E-state index contributed by atoms with van der Waals surface area (Å²) in [6.07, 6.45) is 2.23. The molecule has 0 fully saturated rings. The minimum absolute atomic E-state index is 0.0111. The van der Waals surface area contributed by atoms with E-state index in [2.05, 4.69) is 21.5 Å². The van der Waals surface area contributed by atoms with Crippen molar-refractivity contribution in [2.24, 2.45) is 5.73 Å². The molecule has 0 amide bonds. The summed E-state index contributed by atoms with van der Waals surface area (Å²) in [4.78, 5) is 3.56. The van der Waals surface area contributed by atoms with Crippen LogP contribution in [0.1, 0.15) is 5.56 Å². The van der Waals surface area contributed by atoms with E-state index in [9.17, 15) is 12.8 Å². The van der Waals surface area contributed by atoms with Crippen LogP contribution in [0.3, 0.4) is 0 Å². The molecular weight excluding hydrogens is 293 g/mol. The number of rotatable bonds is 3. The molecule has 0 atom stereocenters. The quantitative estimate of drug-likeness (QED) is 0.838. The molecule has 108 valence electrons. The van der Waals surface area contributed by atoms with Crippen molar-refractivity contribution in [3.63, 3.8) is 0 Å². The number of hydrogen-bond donors (Lipinski definition) is 2. The summed E-state index contributed by atoms with van der Waals surface area (Å²) in [6.45, 7) is 0.225. The van der Waals surface area contributed by atoms with Crippen LogP contribution in [0.4, 0.5) is 10.1 Å². The summed E-state index contributed by atoms with van der Waals surface area (Å²) in [7, 11) is -3.86. The Balaban J connectivity index is 2.26. The average Bonchev–Trinajstić information content (AvgIpc) is 2.48. The molecule has 0 aliphatic heterocycles. The second-order valence-electron chi connectivity index (χ2n) is 3.99. The summed E-state index contributed by atoms with van der Waals surface area (Å²) in [5.74, 6) is 4.71. The van der Waals surface area contributed by atoms with Crippen molar-refractivity contribution in [2.45, 2.75) is 4.90 Å². The number of benzene rings is 1. The van der Waals surface area contributed by atoms with E-state index >= 15 is 0 Å². The fourth-order valence-electron chi connectivity index (χ4n) is 1.53. The van der Waals surface area contributed by atoms with Crippen molar-refractivity contribution in [3.8, 4) is 11.8 Å². The second kappa shape index (κ2) is 6.35. The molecule has 7 heteroatoms. The standard InChI is InChI=1S/C14H12FN3O2S/c15-13-10-17-9-7-14(13)18-21(19,20)12-5-3-11(4-6-12)2-1-8-16/h3-7,9-10H,8,16H2,(H,17,18). The fourth-order valence-corrected chi connectivity index (χ4v) is 2.60. The highest BCUT2D eigenvalue weighted by molar-refractivity contribution is 7.92. The van der Waals surface area contributed by atoms with E-state index < -0.39 is 15.8 Å². The normalized spacial score (nSPS) is 10.6. The van der Waals surface area contributed by atoms with Gasteiger partial charge in [-0.2, -0.15) is 0 Å². The molecule has 21 heavy (non-hydrogen) atoms. The van der Waals surface area contributed by atoms with Gasteiger partial charge in [0.25, 0.3) is 10.0 Å². The van der Waals surface area contributed by atoms with Crippen molar-refractivity contribution in [1.82, 2.24) is 4.98 Å². The summed E-state index contributed by atoms with van der Waals surface area (Å²) in [5.41, 5.74) is 5.75. The van der Waals surface area contributed by atoms with Gasteiger partial charge in [0, 0.05) is 11.8 Å². The number of nitrogens with zero attached hydrogens (tertiary/aromatic N) is 1. The molecule has 3 N–H and O–H groups in total. The topological polar surface area (TPSA) is 85.1 Å². The van der Waals surface area contributed by atoms with Gasteiger partial charge in [0.05, 0.1) is 23.3 Å². The monoisotopic (exact) mass is 305 g/mol. The Hall–Kier alpha value is -2.43. The molecule has 2 aromatic rings. The maximum Gasteiger partial charge on any atom is 0.261 e. The first-order valence-corrected chi connectivity index (χ1v) is 7.42. The number of sulfonamides is 1. The van der Waals surface area contributed by atoms with Crippen LogP contribution in [0, 0.1) is 17.7 Å².